The molecule has 0 aromatic heterocycles. The molecule has 2 aromatic rings. The van der Waals surface area contributed by atoms with Gasteiger partial charge in [0.1, 0.15) is 24.7 Å². The average Bonchev–Trinajstić information content (AvgIpc) is 2.97. The second-order valence-electron chi connectivity index (χ2n) is 5.33. The smallest absolute Gasteiger partial charge is 0.181 e. The normalized spacial score (nSPS) is 17.2. The molecule has 0 unspecified atom stereocenters. The molecular formula is C17H17F2N2O+. The molecule has 1 aliphatic rings. The maximum absolute atomic E-state index is 13.1. The Bertz CT molecular complexity index is 671. The van der Waals surface area contributed by atoms with Crippen molar-refractivity contribution in [3.05, 3.63) is 71.3 Å². The monoisotopic (exact) mass is 303 g/mol. The van der Waals surface area contributed by atoms with E-state index in [4.69, 9.17) is 4.84 Å². The van der Waals surface area contributed by atoms with Crippen LogP contribution in [0.25, 0.3) is 0 Å². The van der Waals surface area contributed by atoms with Gasteiger partial charge in [0.05, 0.1) is 5.71 Å². The van der Waals surface area contributed by atoms with Crippen LogP contribution in [0.4, 0.5) is 8.78 Å². The molecule has 1 heterocycles. The van der Waals surface area contributed by atoms with Gasteiger partial charge in [0, 0.05) is 12.0 Å². The van der Waals surface area contributed by atoms with Gasteiger partial charge in [-0.25, -0.2) is 8.78 Å². The molecule has 22 heavy (non-hydrogen) atoms. The van der Waals surface area contributed by atoms with E-state index >= 15 is 0 Å². The second-order valence-corrected chi connectivity index (χ2v) is 5.33. The summed E-state index contributed by atoms with van der Waals surface area (Å²) in [5.74, 6) is -0.479. The number of benzene rings is 2. The minimum absolute atomic E-state index is 0.00591. The van der Waals surface area contributed by atoms with Crippen molar-refractivity contribution in [2.24, 2.45) is 5.16 Å². The molecule has 3 rings (SSSR count). The van der Waals surface area contributed by atoms with Gasteiger partial charge in [0.25, 0.3) is 0 Å². The third-order valence-electron chi connectivity index (χ3n) is 3.61. The van der Waals surface area contributed by atoms with Crippen LogP contribution in [-0.4, -0.2) is 18.4 Å². The first-order valence-electron chi connectivity index (χ1n) is 7.25. The number of rotatable bonds is 5. The lowest BCUT2D eigenvalue weighted by molar-refractivity contribution is -0.676. The van der Waals surface area contributed by atoms with Crippen molar-refractivity contribution in [2.75, 3.05) is 6.54 Å². The molecule has 0 aliphatic carbocycles. The number of quaternary nitrogens is 1. The lowest BCUT2D eigenvalue weighted by atomic mass is 10.1. The minimum atomic E-state index is -0.261. The molecule has 0 amide bonds. The predicted octanol–water partition coefficient (Wildman–Crippen LogP) is 2.22. The average molecular weight is 303 g/mol. The summed E-state index contributed by atoms with van der Waals surface area (Å²) >= 11 is 0. The highest BCUT2D eigenvalue weighted by molar-refractivity contribution is 6.01. The molecule has 3 nitrogen and oxygen atoms in total. The van der Waals surface area contributed by atoms with Crippen molar-refractivity contribution in [3.63, 3.8) is 0 Å². The van der Waals surface area contributed by atoms with Crippen LogP contribution in [0.1, 0.15) is 17.5 Å². The van der Waals surface area contributed by atoms with E-state index in [-0.39, 0.29) is 17.7 Å². The summed E-state index contributed by atoms with van der Waals surface area (Å²) in [7, 11) is 0. The maximum Gasteiger partial charge on any atom is 0.181 e. The Morgan fingerprint density at radius 1 is 1.09 bits per heavy atom. The Kier molecular flexibility index (Phi) is 4.44. The molecule has 1 aliphatic heterocycles. The largest absolute Gasteiger partial charge is 0.386 e. The Morgan fingerprint density at radius 3 is 2.68 bits per heavy atom. The van der Waals surface area contributed by atoms with Crippen LogP contribution in [0.3, 0.4) is 0 Å². The molecule has 0 fully saturated rings. The lowest BCUT2D eigenvalue weighted by Crippen LogP contribution is -2.84. The number of oxime groups is 1. The number of hydrogen-bond acceptors (Lipinski definition) is 2. The van der Waals surface area contributed by atoms with Crippen molar-refractivity contribution < 1.29 is 18.9 Å². The number of nitrogens with zero attached hydrogens (tertiary/aromatic N) is 1. The molecule has 5 heteroatoms. The Morgan fingerprint density at radius 2 is 1.91 bits per heavy atom. The standard InChI is InChI=1S/C17H16F2N2O/c18-14-6-4-13(5-7-14)17-9-16(22-21-17)11-20-10-12-2-1-3-15(19)8-12/h1-8,16,20H,9-11H2/p+1/t16-/m0/s1. The molecule has 1 atom stereocenters. The van der Waals surface area contributed by atoms with Gasteiger partial charge in [0.15, 0.2) is 6.10 Å². The summed E-state index contributed by atoms with van der Waals surface area (Å²) in [4.78, 5) is 5.40. The topological polar surface area (TPSA) is 38.2 Å². The van der Waals surface area contributed by atoms with E-state index in [1.54, 1.807) is 18.2 Å². The van der Waals surface area contributed by atoms with Crippen LogP contribution in [0.5, 0.6) is 0 Å². The fraction of sp³-hybridized carbons (Fsp3) is 0.235. The molecule has 0 bridgehead atoms. The Labute approximate surface area is 127 Å². The number of hydrogen-bond donors (Lipinski definition) is 1. The van der Waals surface area contributed by atoms with E-state index in [0.717, 1.165) is 23.4 Å². The highest BCUT2D eigenvalue weighted by Crippen LogP contribution is 2.16. The van der Waals surface area contributed by atoms with E-state index in [1.807, 2.05) is 6.07 Å². The summed E-state index contributed by atoms with van der Waals surface area (Å²) < 4.78 is 26.0. The van der Waals surface area contributed by atoms with Crippen molar-refractivity contribution in [1.82, 2.24) is 0 Å². The highest BCUT2D eigenvalue weighted by Gasteiger charge is 2.23. The summed E-state index contributed by atoms with van der Waals surface area (Å²) in [5.41, 5.74) is 2.66. The first kappa shape index (κ1) is 14.7. The Balaban J connectivity index is 1.47. The minimum Gasteiger partial charge on any atom is -0.386 e. The van der Waals surface area contributed by atoms with Gasteiger partial charge in [-0.1, -0.05) is 29.4 Å². The zero-order valence-corrected chi connectivity index (χ0v) is 12.0. The summed E-state index contributed by atoms with van der Waals surface area (Å²) in [6.07, 6.45) is 0.694. The van der Waals surface area contributed by atoms with Crippen LogP contribution in [0.15, 0.2) is 53.7 Å². The fourth-order valence-corrected chi connectivity index (χ4v) is 2.47. The lowest BCUT2D eigenvalue weighted by Gasteiger charge is -2.07. The molecule has 0 radical (unpaired) electrons. The first-order chi connectivity index (χ1) is 10.7. The molecule has 2 aromatic carbocycles. The van der Waals surface area contributed by atoms with Crippen LogP contribution in [0.2, 0.25) is 0 Å². The van der Waals surface area contributed by atoms with Gasteiger partial charge in [-0.05, 0) is 29.8 Å². The number of nitrogens with two attached hydrogens (primary N) is 1. The summed E-state index contributed by atoms with van der Waals surface area (Å²) in [6, 6.07) is 12.8. The van der Waals surface area contributed by atoms with E-state index in [0.29, 0.717) is 13.0 Å². The molecule has 114 valence electrons. The van der Waals surface area contributed by atoms with Crippen molar-refractivity contribution in [3.8, 4) is 0 Å². The third kappa shape index (κ3) is 3.68. The SMILES string of the molecule is Fc1ccc(C2=NO[C@H](C[NH2+]Cc3cccc(F)c3)C2)cc1. The van der Waals surface area contributed by atoms with Crippen LogP contribution < -0.4 is 5.32 Å². The summed E-state index contributed by atoms with van der Waals surface area (Å²) in [5, 5.41) is 6.14. The second kappa shape index (κ2) is 6.66. The zero-order chi connectivity index (χ0) is 15.4. The van der Waals surface area contributed by atoms with E-state index < -0.39 is 0 Å². The van der Waals surface area contributed by atoms with Crippen LogP contribution in [0, 0.1) is 11.6 Å². The van der Waals surface area contributed by atoms with Crippen molar-refractivity contribution in [1.29, 1.82) is 0 Å². The molecule has 2 N–H and O–H groups in total. The first-order valence-corrected chi connectivity index (χ1v) is 7.25. The van der Waals surface area contributed by atoms with E-state index in [2.05, 4.69) is 10.5 Å². The molecule has 0 saturated carbocycles. The van der Waals surface area contributed by atoms with Crippen LogP contribution in [-0.2, 0) is 11.4 Å². The van der Waals surface area contributed by atoms with E-state index in [1.165, 1.54) is 24.3 Å². The van der Waals surface area contributed by atoms with Gasteiger partial charge in [-0.2, -0.15) is 0 Å². The summed E-state index contributed by atoms with van der Waals surface area (Å²) in [6.45, 7) is 1.44. The molecular weight excluding hydrogens is 286 g/mol. The molecule has 0 saturated heterocycles. The van der Waals surface area contributed by atoms with Crippen molar-refractivity contribution >= 4 is 5.71 Å². The zero-order valence-electron chi connectivity index (χ0n) is 12.0. The third-order valence-corrected chi connectivity index (χ3v) is 3.61. The maximum atomic E-state index is 13.1. The highest BCUT2D eigenvalue weighted by atomic mass is 19.1. The predicted molar refractivity (Wildman–Crippen MR) is 79.3 cm³/mol. The quantitative estimate of drug-likeness (QED) is 0.904. The van der Waals surface area contributed by atoms with Crippen LogP contribution >= 0.6 is 0 Å². The fourth-order valence-electron chi connectivity index (χ4n) is 2.47. The molecule has 0 spiro atoms. The van der Waals surface area contributed by atoms with Gasteiger partial charge in [-0.3, -0.25) is 0 Å². The van der Waals surface area contributed by atoms with Gasteiger partial charge < -0.3 is 10.2 Å². The Hall–Kier alpha value is -2.27. The van der Waals surface area contributed by atoms with Gasteiger partial charge >= 0.3 is 0 Å². The van der Waals surface area contributed by atoms with E-state index in [9.17, 15) is 8.78 Å². The number of halogens is 2. The van der Waals surface area contributed by atoms with Gasteiger partial charge in [0.2, 0.25) is 0 Å². The van der Waals surface area contributed by atoms with Gasteiger partial charge in [-0.15, -0.1) is 0 Å². The van der Waals surface area contributed by atoms with Crippen molar-refractivity contribution in [2.45, 2.75) is 19.1 Å².